The highest BCUT2D eigenvalue weighted by Gasteiger charge is 2.19. The number of carbonyl (C=O) groups excluding carboxylic acids is 2. The Labute approximate surface area is 159 Å². The Morgan fingerprint density at radius 1 is 1.30 bits per heavy atom. The van der Waals surface area contributed by atoms with Gasteiger partial charge in [0.1, 0.15) is 5.75 Å². The van der Waals surface area contributed by atoms with Crippen LogP contribution >= 0.6 is 0 Å². The van der Waals surface area contributed by atoms with Crippen LogP contribution in [-0.2, 0) is 17.8 Å². The molecule has 0 unspecified atom stereocenters. The minimum absolute atomic E-state index is 0.00498. The fourth-order valence-electron chi connectivity index (χ4n) is 3.71. The topological polar surface area (TPSA) is 73.2 Å². The first-order chi connectivity index (χ1) is 13.0. The minimum Gasteiger partial charge on any atom is -0.493 e. The van der Waals surface area contributed by atoms with E-state index in [0.29, 0.717) is 37.6 Å². The summed E-state index contributed by atoms with van der Waals surface area (Å²) in [6.45, 7) is 7.04. The van der Waals surface area contributed by atoms with E-state index < -0.39 is 0 Å². The molecule has 27 heavy (non-hydrogen) atoms. The van der Waals surface area contributed by atoms with E-state index in [2.05, 4.69) is 16.5 Å². The molecule has 1 aliphatic rings. The molecular formula is C21H27N3O3. The van der Waals surface area contributed by atoms with Gasteiger partial charge in [-0.2, -0.15) is 5.10 Å². The van der Waals surface area contributed by atoms with Crippen molar-refractivity contribution in [3.8, 4) is 5.75 Å². The van der Waals surface area contributed by atoms with Crippen LogP contribution in [0.5, 0.6) is 5.75 Å². The summed E-state index contributed by atoms with van der Waals surface area (Å²) in [6.07, 6.45) is 2.18. The number of amides is 1. The number of nitrogens with zero attached hydrogens (tertiary/aromatic N) is 2. The highest BCUT2D eigenvalue weighted by molar-refractivity contribution is 5.96. The van der Waals surface area contributed by atoms with Crippen molar-refractivity contribution in [1.29, 1.82) is 0 Å². The number of fused-ring (bicyclic) bond motifs is 1. The predicted octanol–water partition coefficient (Wildman–Crippen LogP) is 2.85. The Morgan fingerprint density at radius 3 is 2.81 bits per heavy atom. The summed E-state index contributed by atoms with van der Waals surface area (Å²) in [4.78, 5) is 24.0. The number of Topliss-reactive ketones (excluding diaryl/α,β-unsaturated/α-hetero) is 1. The van der Waals surface area contributed by atoms with Crippen LogP contribution in [0.1, 0.15) is 47.1 Å². The number of nitrogens with one attached hydrogen (secondary N) is 1. The summed E-state index contributed by atoms with van der Waals surface area (Å²) in [5, 5.41) is 7.43. The maximum absolute atomic E-state index is 12.3. The van der Waals surface area contributed by atoms with Crippen molar-refractivity contribution in [3.05, 3.63) is 46.8 Å². The van der Waals surface area contributed by atoms with Gasteiger partial charge in [0.2, 0.25) is 5.91 Å². The summed E-state index contributed by atoms with van der Waals surface area (Å²) in [7, 11) is 0. The molecule has 0 spiro atoms. The van der Waals surface area contributed by atoms with Gasteiger partial charge < -0.3 is 10.1 Å². The zero-order valence-electron chi connectivity index (χ0n) is 16.2. The SMILES string of the molecule is CC(=O)c1c(C)nn(CCC(=O)NC[C@@H]2CCOc3ccccc3C2)c1C. The molecule has 2 aromatic rings. The zero-order valence-corrected chi connectivity index (χ0v) is 16.2. The Morgan fingerprint density at radius 2 is 2.07 bits per heavy atom. The molecule has 1 aliphatic heterocycles. The molecular weight excluding hydrogens is 342 g/mol. The molecule has 1 aromatic heterocycles. The molecule has 6 nitrogen and oxygen atoms in total. The Hall–Kier alpha value is -2.63. The van der Waals surface area contributed by atoms with E-state index in [4.69, 9.17) is 4.74 Å². The van der Waals surface area contributed by atoms with Gasteiger partial charge in [-0.3, -0.25) is 14.3 Å². The minimum atomic E-state index is 0.00498. The Kier molecular flexibility index (Phi) is 5.94. The van der Waals surface area contributed by atoms with Crippen LogP contribution in [0.3, 0.4) is 0 Å². The lowest BCUT2D eigenvalue weighted by Crippen LogP contribution is -2.31. The number of aromatic nitrogens is 2. The molecule has 0 saturated heterocycles. The summed E-state index contributed by atoms with van der Waals surface area (Å²) in [5.74, 6) is 1.34. The summed E-state index contributed by atoms with van der Waals surface area (Å²) in [5.41, 5.74) is 3.41. The quantitative estimate of drug-likeness (QED) is 0.795. The summed E-state index contributed by atoms with van der Waals surface area (Å²) >= 11 is 0. The van der Waals surface area contributed by atoms with Gasteiger partial charge >= 0.3 is 0 Å². The number of hydrogen-bond donors (Lipinski definition) is 1. The first kappa shape index (κ1) is 19.1. The number of para-hydroxylation sites is 1. The summed E-state index contributed by atoms with van der Waals surface area (Å²) < 4.78 is 7.54. The lowest BCUT2D eigenvalue weighted by molar-refractivity contribution is -0.121. The van der Waals surface area contributed by atoms with Gasteiger partial charge in [0.15, 0.2) is 5.78 Å². The fourth-order valence-corrected chi connectivity index (χ4v) is 3.71. The van der Waals surface area contributed by atoms with Crippen molar-refractivity contribution in [3.63, 3.8) is 0 Å². The molecule has 1 aromatic carbocycles. The third-order valence-electron chi connectivity index (χ3n) is 5.14. The number of ketones is 1. The van der Waals surface area contributed by atoms with Crippen molar-refractivity contribution < 1.29 is 14.3 Å². The molecule has 3 rings (SSSR count). The van der Waals surface area contributed by atoms with Gasteiger partial charge in [-0.1, -0.05) is 18.2 Å². The molecule has 1 amide bonds. The molecule has 2 heterocycles. The molecule has 0 fully saturated rings. The van der Waals surface area contributed by atoms with Crippen LogP contribution < -0.4 is 10.1 Å². The molecule has 6 heteroatoms. The van der Waals surface area contributed by atoms with Crippen LogP contribution in [0.2, 0.25) is 0 Å². The van der Waals surface area contributed by atoms with Crippen LogP contribution in [0.15, 0.2) is 24.3 Å². The monoisotopic (exact) mass is 369 g/mol. The first-order valence-corrected chi connectivity index (χ1v) is 9.48. The molecule has 0 radical (unpaired) electrons. The highest BCUT2D eigenvalue weighted by atomic mass is 16.5. The number of hydrogen-bond acceptors (Lipinski definition) is 4. The largest absolute Gasteiger partial charge is 0.493 e. The second kappa shape index (κ2) is 8.37. The Bertz CT molecular complexity index is 841. The average Bonchev–Trinajstić information content (AvgIpc) is 2.80. The maximum atomic E-state index is 12.3. The number of aryl methyl sites for hydroxylation is 2. The normalized spacial score (nSPS) is 16.2. The van der Waals surface area contributed by atoms with E-state index in [9.17, 15) is 9.59 Å². The van der Waals surface area contributed by atoms with E-state index in [0.717, 1.165) is 30.0 Å². The van der Waals surface area contributed by atoms with Gasteiger partial charge in [0.25, 0.3) is 0 Å². The lowest BCUT2D eigenvalue weighted by Gasteiger charge is -2.15. The lowest BCUT2D eigenvalue weighted by atomic mass is 9.97. The van der Waals surface area contributed by atoms with Crippen molar-refractivity contribution in [2.75, 3.05) is 13.2 Å². The van der Waals surface area contributed by atoms with Crippen LogP contribution in [-0.4, -0.2) is 34.6 Å². The number of carbonyl (C=O) groups is 2. The van der Waals surface area contributed by atoms with Crippen molar-refractivity contribution in [1.82, 2.24) is 15.1 Å². The van der Waals surface area contributed by atoms with Crippen molar-refractivity contribution >= 4 is 11.7 Å². The zero-order chi connectivity index (χ0) is 19.4. The van der Waals surface area contributed by atoms with Crippen LogP contribution in [0.4, 0.5) is 0 Å². The van der Waals surface area contributed by atoms with E-state index >= 15 is 0 Å². The second-order valence-electron chi connectivity index (χ2n) is 7.19. The number of ether oxygens (including phenoxy) is 1. The fraction of sp³-hybridized carbons (Fsp3) is 0.476. The van der Waals surface area contributed by atoms with E-state index in [1.807, 2.05) is 32.0 Å². The third kappa shape index (κ3) is 4.56. The Balaban J connectivity index is 1.51. The maximum Gasteiger partial charge on any atom is 0.221 e. The van der Waals surface area contributed by atoms with Gasteiger partial charge in [-0.05, 0) is 51.2 Å². The number of rotatable bonds is 6. The van der Waals surface area contributed by atoms with Gasteiger partial charge in [-0.15, -0.1) is 0 Å². The molecule has 1 N–H and O–H groups in total. The van der Waals surface area contributed by atoms with Crippen molar-refractivity contribution in [2.24, 2.45) is 5.92 Å². The van der Waals surface area contributed by atoms with Gasteiger partial charge in [0.05, 0.1) is 17.9 Å². The highest BCUT2D eigenvalue weighted by Crippen LogP contribution is 2.26. The molecule has 0 aliphatic carbocycles. The summed E-state index contributed by atoms with van der Waals surface area (Å²) in [6, 6.07) is 8.09. The third-order valence-corrected chi connectivity index (χ3v) is 5.14. The van der Waals surface area contributed by atoms with E-state index in [1.54, 1.807) is 11.6 Å². The smallest absolute Gasteiger partial charge is 0.221 e. The molecule has 0 bridgehead atoms. The second-order valence-corrected chi connectivity index (χ2v) is 7.19. The molecule has 144 valence electrons. The standard InChI is InChI=1S/C21H27N3O3/c1-14-21(16(3)25)15(2)24(23-14)10-8-20(26)22-13-17-9-11-27-19-7-5-4-6-18(19)12-17/h4-7,17H,8-13H2,1-3H3,(H,22,26)/t17-/m1/s1. The average molecular weight is 369 g/mol. The molecule has 1 atom stereocenters. The van der Waals surface area contributed by atoms with Crippen LogP contribution in [0, 0.1) is 19.8 Å². The van der Waals surface area contributed by atoms with E-state index in [-0.39, 0.29) is 11.7 Å². The van der Waals surface area contributed by atoms with Gasteiger partial charge in [-0.25, -0.2) is 0 Å². The van der Waals surface area contributed by atoms with Crippen LogP contribution in [0.25, 0.3) is 0 Å². The van der Waals surface area contributed by atoms with Gasteiger partial charge in [0, 0.05) is 25.2 Å². The number of benzene rings is 1. The van der Waals surface area contributed by atoms with E-state index in [1.165, 1.54) is 5.56 Å². The predicted molar refractivity (Wildman–Crippen MR) is 103 cm³/mol. The molecule has 0 saturated carbocycles. The van der Waals surface area contributed by atoms with Crippen molar-refractivity contribution in [2.45, 2.75) is 46.6 Å². The first-order valence-electron chi connectivity index (χ1n) is 9.48.